The van der Waals surface area contributed by atoms with Crippen molar-refractivity contribution in [2.45, 2.75) is 55.1 Å². The van der Waals surface area contributed by atoms with Crippen molar-refractivity contribution < 1.29 is 68.6 Å². The fourth-order valence-corrected chi connectivity index (χ4v) is 4.61. The third-order valence-electron chi connectivity index (χ3n) is 7.11. The summed E-state index contributed by atoms with van der Waals surface area (Å²) in [5.41, 5.74) is -1.19. The standard InChI is InChI=1S/C28H36O14/c1-36-17-10-16(11-18(37-2)20(17)30)25(34)39-13-28(35)14-40-27(24(28)33)42-23-22(32)21(31)19(12-29)41-26(23)38-9-8-15-6-4-3-5-7-15/h3-7,10-11,19,21-24,26-27,29-33,35H,8-9,12-14H2,1-2H3/t19-,21-,22+,23-,24+,26-,27+,28-/m1/s1. The Hall–Kier alpha value is -3.05. The van der Waals surface area contributed by atoms with Crippen LogP contribution in [0.15, 0.2) is 42.5 Å². The molecular weight excluding hydrogens is 560 g/mol. The SMILES string of the molecule is COc1cc(C(=O)OC[C@@]2(O)CO[C@@H](O[C@H]3[C@H](OCCc4ccccc4)O[C@H](CO)[C@@H](O)[C@@H]3O)[C@@H]2O)cc(OC)c1O. The third-order valence-corrected chi connectivity index (χ3v) is 7.11. The number of phenols is 1. The molecule has 4 rings (SSSR count). The maximum atomic E-state index is 12.7. The largest absolute Gasteiger partial charge is 0.502 e. The summed E-state index contributed by atoms with van der Waals surface area (Å²) in [5, 5.41) is 62.6. The first-order valence-electron chi connectivity index (χ1n) is 13.2. The molecule has 0 unspecified atom stereocenters. The molecule has 14 nitrogen and oxygen atoms in total. The van der Waals surface area contributed by atoms with Gasteiger partial charge in [-0.3, -0.25) is 0 Å². The lowest BCUT2D eigenvalue weighted by Crippen LogP contribution is -2.61. The molecule has 0 radical (unpaired) electrons. The summed E-state index contributed by atoms with van der Waals surface area (Å²) >= 11 is 0. The molecule has 2 aliphatic heterocycles. The molecule has 2 aromatic rings. The van der Waals surface area contributed by atoms with E-state index in [1.165, 1.54) is 26.4 Å². The Morgan fingerprint density at radius 2 is 1.69 bits per heavy atom. The number of carbonyl (C=O) groups is 1. The third kappa shape index (κ3) is 6.94. The second-order valence-corrected chi connectivity index (χ2v) is 9.95. The number of aromatic hydroxyl groups is 1. The highest BCUT2D eigenvalue weighted by Crippen LogP contribution is 2.37. The quantitative estimate of drug-likeness (QED) is 0.164. The van der Waals surface area contributed by atoms with E-state index in [4.69, 9.17) is 33.2 Å². The number of benzene rings is 2. The van der Waals surface area contributed by atoms with Gasteiger partial charge in [0.05, 0.1) is 39.6 Å². The molecule has 2 aromatic carbocycles. The van der Waals surface area contributed by atoms with Gasteiger partial charge in [0, 0.05) is 0 Å². The van der Waals surface area contributed by atoms with Gasteiger partial charge in [0.2, 0.25) is 5.75 Å². The van der Waals surface area contributed by atoms with Crippen LogP contribution in [0.2, 0.25) is 0 Å². The van der Waals surface area contributed by atoms with Gasteiger partial charge in [-0.15, -0.1) is 0 Å². The minimum absolute atomic E-state index is 0.0443. The summed E-state index contributed by atoms with van der Waals surface area (Å²) in [6.45, 7) is -1.69. The molecule has 2 saturated heterocycles. The topological polar surface area (TPSA) is 203 Å². The van der Waals surface area contributed by atoms with Crippen LogP contribution in [0.5, 0.6) is 17.2 Å². The van der Waals surface area contributed by atoms with Gasteiger partial charge in [0.1, 0.15) is 37.1 Å². The van der Waals surface area contributed by atoms with Crippen molar-refractivity contribution >= 4 is 5.97 Å². The van der Waals surface area contributed by atoms with E-state index in [1.54, 1.807) is 0 Å². The molecule has 0 spiro atoms. The smallest absolute Gasteiger partial charge is 0.338 e. The number of phenolic OH excluding ortho intramolecular Hbond substituents is 1. The molecule has 2 heterocycles. The van der Waals surface area contributed by atoms with Gasteiger partial charge in [-0.25, -0.2) is 4.79 Å². The van der Waals surface area contributed by atoms with Crippen LogP contribution < -0.4 is 9.47 Å². The molecule has 0 aromatic heterocycles. The highest BCUT2D eigenvalue weighted by atomic mass is 16.8. The molecular formula is C28H36O14. The molecule has 42 heavy (non-hydrogen) atoms. The van der Waals surface area contributed by atoms with Crippen LogP contribution in [0.4, 0.5) is 0 Å². The molecule has 2 fully saturated rings. The van der Waals surface area contributed by atoms with Gasteiger partial charge in [0.15, 0.2) is 29.7 Å². The number of aliphatic hydroxyl groups excluding tert-OH is 4. The first-order valence-corrected chi connectivity index (χ1v) is 13.2. The molecule has 0 amide bonds. The number of ether oxygens (including phenoxy) is 7. The maximum Gasteiger partial charge on any atom is 0.338 e. The van der Waals surface area contributed by atoms with Gasteiger partial charge in [-0.2, -0.15) is 0 Å². The number of rotatable bonds is 12. The number of hydrogen-bond acceptors (Lipinski definition) is 14. The van der Waals surface area contributed by atoms with Crippen LogP contribution in [0.1, 0.15) is 15.9 Å². The van der Waals surface area contributed by atoms with Crippen molar-refractivity contribution in [2.75, 3.05) is 40.6 Å². The summed E-state index contributed by atoms with van der Waals surface area (Å²) in [6, 6.07) is 11.8. The molecule has 2 aliphatic rings. The van der Waals surface area contributed by atoms with E-state index in [0.717, 1.165) is 5.56 Å². The summed E-state index contributed by atoms with van der Waals surface area (Å²) in [7, 11) is 2.57. The van der Waals surface area contributed by atoms with E-state index in [1.807, 2.05) is 30.3 Å². The Labute approximate surface area is 241 Å². The normalized spacial score (nSPS) is 31.1. The zero-order chi connectivity index (χ0) is 30.4. The number of aliphatic hydroxyl groups is 5. The Kier molecular flexibility index (Phi) is 10.6. The fourth-order valence-electron chi connectivity index (χ4n) is 4.61. The van der Waals surface area contributed by atoms with Crippen LogP contribution in [0.3, 0.4) is 0 Å². The van der Waals surface area contributed by atoms with Crippen LogP contribution in [0.25, 0.3) is 0 Å². The predicted molar refractivity (Wildman–Crippen MR) is 141 cm³/mol. The lowest BCUT2D eigenvalue weighted by atomic mass is 9.98. The summed E-state index contributed by atoms with van der Waals surface area (Å²) in [6.07, 6.45) is -9.80. The minimum Gasteiger partial charge on any atom is -0.502 e. The molecule has 0 bridgehead atoms. The van der Waals surface area contributed by atoms with Gasteiger partial charge in [0.25, 0.3) is 0 Å². The number of esters is 1. The van der Waals surface area contributed by atoms with E-state index >= 15 is 0 Å². The van der Waals surface area contributed by atoms with E-state index in [-0.39, 0.29) is 29.4 Å². The highest BCUT2D eigenvalue weighted by Gasteiger charge is 2.54. The van der Waals surface area contributed by atoms with Crippen LogP contribution in [-0.2, 0) is 30.1 Å². The monoisotopic (exact) mass is 596 g/mol. The molecule has 232 valence electrons. The fraction of sp³-hybridized carbons (Fsp3) is 0.536. The van der Waals surface area contributed by atoms with Crippen molar-refractivity contribution in [1.82, 2.24) is 0 Å². The summed E-state index contributed by atoms with van der Waals surface area (Å²) < 4.78 is 37.8. The first kappa shape index (κ1) is 31.9. The van der Waals surface area contributed by atoms with Crippen LogP contribution >= 0.6 is 0 Å². The van der Waals surface area contributed by atoms with Crippen molar-refractivity contribution in [3.8, 4) is 17.2 Å². The van der Waals surface area contributed by atoms with E-state index in [0.29, 0.717) is 6.42 Å². The van der Waals surface area contributed by atoms with Crippen molar-refractivity contribution in [2.24, 2.45) is 0 Å². The maximum absolute atomic E-state index is 12.7. The van der Waals surface area contributed by atoms with Gasteiger partial charge >= 0.3 is 5.97 Å². The number of hydrogen-bond donors (Lipinski definition) is 6. The number of methoxy groups -OCH3 is 2. The second kappa shape index (κ2) is 13.9. The van der Waals surface area contributed by atoms with Crippen molar-refractivity contribution in [3.05, 3.63) is 53.6 Å². The van der Waals surface area contributed by atoms with Crippen LogP contribution in [-0.4, -0.2) is 126 Å². The van der Waals surface area contributed by atoms with Crippen LogP contribution in [0, 0.1) is 0 Å². The average Bonchev–Trinajstić information content (AvgIpc) is 3.28. The Morgan fingerprint density at radius 1 is 1.02 bits per heavy atom. The lowest BCUT2D eigenvalue weighted by molar-refractivity contribution is -0.335. The summed E-state index contributed by atoms with van der Waals surface area (Å²) in [4.78, 5) is 12.7. The Balaban J connectivity index is 1.40. The van der Waals surface area contributed by atoms with Gasteiger partial charge in [-0.05, 0) is 24.1 Å². The predicted octanol–water partition coefficient (Wildman–Crippen LogP) is -0.902. The molecule has 8 atom stereocenters. The second-order valence-electron chi connectivity index (χ2n) is 9.95. The zero-order valence-electron chi connectivity index (χ0n) is 23.1. The summed E-state index contributed by atoms with van der Waals surface area (Å²) in [5.74, 6) is -1.33. The lowest BCUT2D eigenvalue weighted by Gasteiger charge is -2.42. The molecule has 6 N–H and O–H groups in total. The molecule has 0 saturated carbocycles. The average molecular weight is 597 g/mol. The zero-order valence-corrected chi connectivity index (χ0v) is 23.1. The van der Waals surface area contributed by atoms with Gasteiger partial charge < -0.3 is 63.8 Å². The Morgan fingerprint density at radius 3 is 2.31 bits per heavy atom. The van der Waals surface area contributed by atoms with Gasteiger partial charge in [-0.1, -0.05) is 30.3 Å². The minimum atomic E-state index is -2.11. The Bertz CT molecular complexity index is 1150. The van der Waals surface area contributed by atoms with E-state index in [2.05, 4.69) is 0 Å². The number of carbonyl (C=O) groups excluding carboxylic acids is 1. The molecule has 14 heteroatoms. The van der Waals surface area contributed by atoms with E-state index in [9.17, 15) is 35.4 Å². The highest BCUT2D eigenvalue weighted by molar-refractivity contribution is 5.91. The van der Waals surface area contributed by atoms with Crippen molar-refractivity contribution in [3.63, 3.8) is 0 Å². The van der Waals surface area contributed by atoms with E-state index < -0.39 is 74.5 Å². The first-order chi connectivity index (χ1) is 20.1. The van der Waals surface area contributed by atoms with Crippen molar-refractivity contribution in [1.29, 1.82) is 0 Å². The molecule has 0 aliphatic carbocycles.